The molecule has 23 heavy (non-hydrogen) atoms. The van der Waals surface area contributed by atoms with Crippen LogP contribution < -0.4 is 0 Å². The molecule has 1 N–H and O–H groups in total. The molecule has 7 rings (SSSR count). The van der Waals surface area contributed by atoms with Crippen LogP contribution >= 0.6 is 0 Å². The zero-order valence-electron chi connectivity index (χ0n) is 13.6. The lowest BCUT2D eigenvalue weighted by Crippen LogP contribution is -2.36. The Bertz CT molecular complexity index is 621. The first-order valence-corrected chi connectivity index (χ1v) is 8.92. The molecular formula is C18H24N2O3. The van der Waals surface area contributed by atoms with Crippen molar-refractivity contribution in [1.82, 2.24) is 10.2 Å². The summed E-state index contributed by atoms with van der Waals surface area (Å²) >= 11 is 0. The topological polar surface area (TPSA) is 72.0 Å². The Balaban J connectivity index is 0.000000142. The van der Waals surface area contributed by atoms with E-state index in [9.17, 15) is 9.59 Å². The van der Waals surface area contributed by atoms with Gasteiger partial charge in [0.05, 0.1) is 6.61 Å². The second-order valence-corrected chi connectivity index (χ2v) is 7.46. The number of nitrogens with one attached hydrogen (secondary N) is 1. The van der Waals surface area contributed by atoms with E-state index in [4.69, 9.17) is 4.74 Å². The lowest BCUT2D eigenvalue weighted by atomic mass is 9.64. The zero-order chi connectivity index (χ0) is 16.0. The molecule has 0 amide bonds. The quantitative estimate of drug-likeness (QED) is 0.851. The smallest absolute Gasteiger partial charge is 0.359 e. The number of nitrogens with zero attached hydrogens (tertiary/aromatic N) is 1. The second kappa shape index (κ2) is 5.77. The first kappa shape index (κ1) is 14.9. The molecule has 4 bridgehead atoms. The van der Waals surface area contributed by atoms with Gasteiger partial charge in [0.15, 0.2) is 5.69 Å². The molecule has 6 aliphatic carbocycles. The largest absolute Gasteiger partial charge is 0.461 e. The number of aromatic amines is 1. The molecule has 1 heterocycles. The van der Waals surface area contributed by atoms with E-state index < -0.39 is 0 Å². The molecule has 0 atom stereocenters. The molecule has 4 saturated carbocycles. The van der Waals surface area contributed by atoms with Crippen molar-refractivity contribution >= 4 is 11.8 Å². The third kappa shape index (κ3) is 2.60. The van der Waals surface area contributed by atoms with Gasteiger partial charge in [-0.25, -0.2) is 4.79 Å². The van der Waals surface area contributed by atoms with Gasteiger partial charge in [0.25, 0.3) is 0 Å². The average Bonchev–Trinajstić information content (AvgIpc) is 2.90. The summed E-state index contributed by atoms with van der Waals surface area (Å²) in [7, 11) is 0. The van der Waals surface area contributed by atoms with Crippen LogP contribution in [-0.4, -0.2) is 28.6 Å². The first-order chi connectivity index (χ1) is 11.2. The van der Waals surface area contributed by atoms with Crippen molar-refractivity contribution in [3.05, 3.63) is 17.0 Å². The highest BCUT2D eigenvalue weighted by molar-refractivity contribution is 5.89. The highest BCUT2D eigenvalue weighted by atomic mass is 16.5. The van der Waals surface area contributed by atoms with E-state index >= 15 is 0 Å². The maximum Gasteiger partial charge on any atom is 0.359 e. The monoisotopic (exact) mass is 316 g/mol. The molecule has 1 aromatic rings. The summed E-state index contributed by atoms with van der Waals surface area (Å²) in [5.74, 6) is 3.08. The summed E-state index contributed by atoms with van der Waals surface area (Å²) < 4.78 is 5.00. The number of ether oxygens (including phenoxy) is 1. The Labute approximate surface area is 136 Å². The van der Waals surface area contributed by atoms with Gasteiger partial charge in [-0.2, -0.15) is 5.10 Å². The van der Waals surface area contributed by atoms with Gasteiger partial charge in [-0.15, -0.1) is 0 Å². The maximum absolute atomic E-state index is 11.6. The van der Waals surface area contributed by atoms with Crippen LogP contribution in [0.2, 0.25) is 0 Å². The van der Waals surface area contributed by atoms with Gasteiger partial charge in [-0.3, -0.25) is 9.89 Å². The van der Waals surface area contributed by atoms with Crippen molar-refractivity contribution in [1.29, 1.82) is 0 Å². The van der Waals surface area contributed by atoms with Gasteiger partial charge < -0.3 is 4.74 Å². The summed E-state index contributed by atoms with van der Waals surface area (Å²) in [5.41, 5.74) is 2.82. The summed E-state index contributed by atoms with van der Waals surface area (Å²) in [6.45, 7) is 2.23. The van der Waals surface area contributed by atoms with E-state index in [1.165, 1.54) is 32.1 Å². The van der Waals surface area contributed by atoms with Gasteiger partial charge in [-0.05, 0) is 63.2 Å². The number of ketones is 1. The molecule has 5 heteroatoms. The zero-order valence-corrected chi connectivity index (χ0v) is 13.6. The summed E-state index contributed by atoms with van der Waals surface area (Å²) in [6.07, 6.45) is 8.01. The highest BCUT2D eigenvalue weighted by Gasteiger charge is 2.41. The van der Waals surface area contributed by atoms with Crippen molar-refractivity contribution in [3.63, 3.8) is 0 Å². The lowest BCUT2D eigenvalue weighted by Gasteiger charge is -2.40. The fourth-order valence-corrected chi connectivity index (χ4v) is 4.55. The number of rotatable bonds is 2. The Morgan fingerprint density at radius 2 is 1.96 bits per heavy atom. The minimum absolute atomic E-state index is 0.277. The van der Waals surface area contributed by atoms with Gasteiger partial charge >= 0.3 is 5.97 Å². The Morgan fingerprint density at radius 3 is 2.52 bits per heavy atom. The van der Waals surface area contributed by atoms with E-state index in [2.05, 4.69) is 10.2 Å². The minimum atomic E-state index is -0.277. The van der Waals surface area contributed by atoms with E-state index in [-0.39, 0.29) is 5.97 Å². The maximum atomic E-state index is 11.6. The molecule has 6 aliphatic rings. The number of carbonyl (C=O) groups excluding carboxylic acids is 2. The van der Waals surface area contributed by atoms with Gasteiger partial charge in [0, 0.05) is 23.6 Å². The van der Waals surface area contributed by atoms with Crippen LogP contribution in [0.5, 0.6) is 0 Å². The van der Waals surface area contributed by atoms with E-state index in [1.807, 2.05) is 6.92 Å². The van der Waals surface area contributed by atoms with Crippen molar-refractivity contribution < 1.29 is 14.3 Å². The van der Waals surface area contributed by atoms with Gasteiger partial charge in [-0.1, -0.05) is 0 Å². The van der Waals surface area contributed by atoms with E-state index in [0.717, 1.165) is 35.9 Å². The number of esters is 1. The van der Waals surface area contributed by atoms with Crippen LogP contribution in [0.25, 0.3) is 0 Å². The molecule has 1 aromatic heterocycles. The van der Waals surface area contributed by atoms with Gasteiger partial charge in [0.1, 0.15) is 5.78 Å². The van der Waals surface area contributed by atoms with E-state index in [0.29, 0.717) is 29.9 Å². The van der Waals surface area contributed by atoms with Crippen LogP contribution in [0.1, 0.15) is 73.1 Å². The number of Topliss-reactive ketones (excluding diaryl/α,β-unsaturated/α-hetero) is 1. The molecule has 124 valence electrons. The third-order valence-electron chi connectivity index (χ3n) is 5.98. The van der Waals surface area contributed by atoms with Crippen LogP contribution in [0.3, 0.4) is 0 Å². The predicted octanol–water partition coefficient (Wildman–Crippen LogP) is 3.01. The van der Waals surface area contributed by atoms with Crippen molar-refractivity contribution in [2.45, 2.75) is 57.8 Å². The SMILES string of the molecule is CCOC(=O)c1n[nH]c2c1C1CC(C2)C1.O=C1CCC2CC1C2. The number of fused-ring (bicyclic) bond motifs is 2. The van der Waals surface area contributed by atoms with Crippen LogP contribution in [-0.2, 0) is 16.0 Å². The standard InChI is InChI=1S/C11H14N2O2.C7H10O/c1-2-15-11(14)10-9-7-3-6(4-7)5-8(9)12-13-10;8-7-2-1-5-3-6(7)4-5/h6-7H,2-5H2,1H3,(H,12,13);5-6H,1-4H2. The van der Waals surface area contributed by atoms with Gasteiger partial charge in [0.2, 0.25) is 0 Å². The van der Waals surface area contributed by atoms with Crippen LogP contribution in [0, 0.1) is 17.8 Å². The van der Waals surface area contributed by atoms with E-state index in [1.54, 1.807) is 0 Å². The Kier molecular flexibility index (Phi) is 3.74. The molecule has 0 spiro atoms. The lowest BCUT2D eigenvalue weighted by molar-refractivity contribution is -0.131. The number of hydrogen-bond donors (Lipinski definition) is 1. The van der Waals surface area contributed by atoms with Crippen LogP contribution in [0.4, 0.5) is 0 Å². The molecule has 5 nitrogen and oxygen atoms in total. The summed E-state index contributed by atoms with van der Waals surface area (Å²) in [5, 5.41) is 7.07. The predicted molar refractivity (Wildman–Crippen MR) is 84.2 cm³/mol. The summed E-state index contributed by atoms with van der Waals surface area (Å²) in [6, 6.07) is 0. The third-order valence-corrected chi connectivity index (χ3v) is 5.98. The Morgan fingerprint density at radius 1 is 1.22 bits per heavy atom. The minimum Gasteiger partial charge on any atom is -0.461 e. The molecule has 0 aliphatic heterocycles. The number of carbonyl (C=O) groups is 2. The molecule has 4 fully saturated rings. The molecule has 0 unspecified atom stereocenters. The van der Waals surface area contributed by atoms with Crippen LogP contribution in [0.15, 0.2) is 0 Å². The second-order valence-electron chi connectivity index (χ2n) is 7.46. The summed E-state index contributed by atoms with van der Waals surface area (Å²) in [4.78, 5) is 22.5. The van der Waals surface area contributed by atoms with Crippen molar-refractivity contribution in [3.8, 4) is 0 Å². The Hall–Kier alpha value is -1.65. The first-order valence-electron chi connectivity index (χ1n) is 8.92. The molecular weight excluding hydrogens is 292 g/mol. The van der Waals surface area contributed by atoms with Crippen molar-refractivity contribution in [2.24, 2.45) is 17.8 Å². The number of aromatic nitrogens is 2. The molecule has 0 saturated heterocycles. The fourth-order valence-electron chi connectivity index (χ4n) is 4.55. The van der Waals surface area contributed by atoms with Crippen molar-refractivity contribution in [2.75, 3.05) is 6.61 Å². The fraction of sp³-hybridized carbons (Fsp3) is 0.722. The number of H-pyrrole nitrogens is 1. The molecule has 0 radical (unpaired) electrons. The highest BCUT2D eigenvalue weighted by Crippen LogP contribution is 2.50. The average molecular weight is 316 g/mol. The number of hydrogen-bond acceptors (Lipinski definition) is 4. The normalized spacial score (nSPS) is 32.7. The molecule has 0 aromatic carbocycles.